The van der Waals surface area contributed by atoms with Gasteiger partial charge in [0, 0.05) is 42.8 Å². The standard InChI is InChI=1S/C30H29N3O/c1-20-9-13-25(14-10-20)33-29(22-11-15-24(16-12-22)32(3)4)19-28-26(30(33)17-21(2)34)18-23-7-5-6-8-27(23)31-28/h5-16,18-19,30H,17H2,1-4H3. The Morgan fingerprint density at radius 3 is 2.35 bits per heavy atom. The quantitative estimate of drug-likeness (QED) is 0.343. The Balaban J connectivity index is 1.75. The third kappa shape index (κ3) is 4.08. The summed E-state index contributed by atoms with van der Waals surface area (Å²) in [5.41, 5.74) is 8.55. The number of nitrogens with zero attached hydrogens (tertiary/aromatic N) is 3. The molecule has 2 heterocycles. The Kier molecular flexibility index (Phi) is 5.66. The van der Waals surface area contributed by atoms with Gasteiger partial charge in [-0.05, 0) is 61.9 Å². The summed E-state index contributed by atoms with van der Waals surface area (Å²) >= 11 is 0. The largest absolute Gasteiger partial charge is 0.378 e. The van der Waals surface area contributed by atoms with Crippen molar-refractivity contribution in [2.45, 2.75) is 26.3 Å². The molecule has 0 bridgehead atoms. The van der Waals surface area contributed by atoms with Crippen molar-refractivity contribution in [3.05, 3.63) is 101 Å². The van der Waals surface area contributed by atoms with E-state index in [1.807, 2.05) is 32.3 Å². The zero-order valence-corrected chi connectivity index (χ0v) is 20.1. The predicted molar refractivity (Wildman–Crippen MR) is 142 cm³/mol. The SMILES string of the molecule is CC(=O)CC1c2cc3ccccc3nc2C=C(c2ccc(N(C)C)cc2)N1c1ccc(C)cc1. The number of benzene rings is 3. The molecule has 4 aromatic rings. The molecule has 3 aromatic carbocycles. The second-order valence-electron chi connectivity index (χ2n) is 9.25. The number of aryl methyl sites for hydroxylation is 1. The summed E-state index contributed by atoms with van der Waals surface area (Å²) in [4.78, 5) is 21.9. The molecular formula is C30H29N3O. The molecule has 5 rings (SSSR count). The highest BCUT2D eigenvalue weighted by molar-refractivity contribution is 5.96. The summed E-state index contributed by atoms with van der Waals surface area (Å²) in [7, 11) is 4.09. The summed E-state index contributed by atoms with van der Waals surface area (Å²) in [5, 5.41) is 1.09. The van der Waals surface area contributed by atoms with Crippen LogP contribution in [0.1, 0.15) is 41.8 Å². The van der Waals surface area contributed by atoms with E-state index in [0.29, 0.717) is 6.42 Å². The van der Waals surface area contributed by atoms with E-state index in [1.165, 1.54) is 5.56 Å². The van der Waals surface area contributed by atoms with Gasteiger partial charge in [-0.1, -0.05) is 48.0 Å². The van der Waals surface area contributed by atoms with Crippen molar-refractivity contribution in [2.75, 3.05) is 23.9 Å². The Hall–Kier alpha value is -3.92. The molecule has 0 N–H and O–H groups in total. The van der Waals surface area contributed by atoms with Gasteiger partial charge in [0.25, 0.3) is 0 Å². The van der Waals surface area contributed by atoms with Crippen molar-refractivity contribution < 1.29 is 4.79 Å². The van der Waals surface area contributed by atoms with Crippen LogP contribution in [0.2, 0.25) is 0 Å². The fraction of sp³-hybridized carbons (Fsp3) is 0.200. The first-order valence-corrected chi connectivity index (χ1v) is 11.7. The summed E-state index contributed by atoms with van der Waals surface area (Å²) in [6.45, 7) is 3.76. The van der Waals surface area contributed by atoms with Crippen LogP contribution in [-0.2, 0) is 4.79 Å². The molecule has 1 aliphatic heterocycles. The van der Waals surface area contributed by atoms with E-state index >= 15 is 0 Å². The van der Waals surface area contributed by atoms with Gasteiger partial charge in [0.05, 0.1) is 22.9 Å². The topological polar surface area (TPSA) is 36.4 Å². The second-order valence-corrected chi connectivity index (χ2v) is 9.25. The number of rotatable bonds is 5. The summed E-state index contributed by atoms with van der Waals surface area (Å²) in [6.07, 6.45) is 2.58. The molecule has 0 amide bonds. The van der Waals surface area contributed by atoms with E-state index in [9.17, 15) is 4.79 Å². The smallest absolute Gasteiger partial charge is 0.132 e. The molecule has 0 fully saturated rings. The molecule has 0 spiro atoms. The summed E-state index contributed by atoms with van der Waals surface area (Å²) < 4.78 is 0. The lowest BCUT2D eigenvalue weighted by Gasteiger charge is -2.39. The molecule has 1 aliphatic rings. The Morgan fingerprint density at radius 2 is 1.68 bits per heavy atom. The minimum atomic E-state index is -0.138. The third-order valence-electron chi connectivity index (χ3n) is 6.46. The van der Waals surface area contributed by atoms with E-state index < -0.39 is 0 Å². The monoisotopic (exact) mass is 447 g/mol. The number of anilines is 2. The van der Waals surface area contributed by atoms with Gasteiger partial charge in [-0.25, -0.2) is 4.98 Å². The molecule has 0 aliphatic carbocycles. The maximum Gasteiger partial charge on any atom is 0.132 e. The van der Waals surface area contributed by atoms with Crippen molar-refractivity contribution in [1.29, 1.82) is 0 Å². The molecule has 0 saturated carbocycles. The van der Waals surface area contributed by atoms with Crippen molar-refractivity contribution in [1.82, 2.24) is 4.98 Å². The van der Waals surface area contributed by atoms with Gasteiger partial charge in [0.2, 0.25) is 0 Å². The Labute approximate surface area is 201 Å². The number of para-hydroxylation sites is 1. The van der Waals surface area contributed by atoms with E-state index in [4.69, 9.17) is 4.98 Å². The molecule has 0 radical (unpaired) electrons. The second kappa shape index (κ2) is 8.79. The average molecular weight is 448 g/mol. The zero-order valence-electron chi connectivity index (χ0n) is 20.1. The van der Waals surface area contributed by atoms with Crippen LogP contribution in [0.4, 0.5) is 11.4 Å². The number of ketones is 1. The van der Waals surface area contributed by atoms with Crippen LogP contribution in [0.25, 0.3) is 22.7 Å². The first-order chi connectivity index (χ1) is 16.4. The maximum absolute atomic E-state index is 12.5. The first-order valence-electron chi connectivity index (χ1n) is 11.7. The molecule has 0 saturated heterocycles. The molecule has 1 atom stereocenters. The van der Waals surface area contributed by atoms with E-state index in [1.54, 1.807) is 6.92 Å². The fourth-order valence-electron chi connectivity index (χ4n) is 4.69. The minimum Gasteiger partial charge on any atom is -0.378 e. The van der Waals surface area contributed by atoms with E-state index in [2.05, 4.69) is 83.5 Å². The number of hydrogen-bond donors (Lipinski definition) is 0. The minimum absolute atomic E-state index is 0.138. The molecule has 1 unspecified atom stereocenters. The number of aromatic nitrogens is 1. The lowest BCUT2D eigenvalue weighted by Crippen LogP contribution is -2.32. The van der Waals surface area contributed by atoms with Crippen molar-refractivity contribution in [3.8, 4) is 0 Å². The number of fused-ring (bicyclic) bond motifs is 2. The third-order valence-corrected chi connectivity index (χ3v) is 6.46. The molecule has 170 valence electrons. The highest BCUT2D eigenvalue weighted by atomic mass is 16.1. The van der Waals surface area contributed by atoms with Crippen LogP contribution in [-0.4, -0.2) is 24.9 Å². The van der Waals surface area contributed by atoms with Gasteiger partial charge < -0.3 is 9.80 Å². The summed E-state index contributed by atoms with van der Waals surface area (Å²) in [6, 6.07) is 27.3. The fourth-order valence-corrected chi connectivity index (χ4v) is 4.69. The van der Waals surface area contributed by atoms with Gasteiger partial charge in [0.15, 0.2) is 0 Å². The molecule has 34 heavy (non-hydrogen) atoms. The molecular weight excluding hydrogens is 418 g/mol. The van der Waals surface area contributed by atoms with Gasteiger partial charge >= 0.3 is 0 Å². The van der Waals surface area contributed by atoms with Gasteiger partial charge in [-0.15, -0.1) is 0 Å². The first kappa shape index (κ1) is 21.9. The number of carbonyl (C=O) groups is 1. The van der Waals surface area contributed by atoms with Gasteiger partial charge in [-0.3, -0.25) is 4.79 Å². The number of pyridine rings is 1. The molecule has 4 heteroatoms. The molecule has 1 aromatic heterocycles. The van der Waals surface area contributed by atoms with Crippen molar-refractivity contribution >= 4 is 39.8 Å². The number of carbonyl (C=O) groups excluding carboxylic acids is 1. The average Bonchev–Trinajstić information content (AvgIpc) is 2.83. The lowest BCUT2D eigenvalue weighted by atomic mass is 9.90. The van der Waals surface area contributed by atoms with Crippen LogP contribution in [0, 0.1) is 6.92 Å². The highest BCUT2D eigenvalue weighted by Gasteiger charge is 2.32. The normalized spacial score (nSPS) is 15.1. The van der Waals surface area contributed by atoms with Gasteiger partial charge in [0.1, 0.15) is 5.78 Å². The molecule has 4 nitrogen and oxygen atoms in total. The number of hydrogen-bond acceptors (Lipinski definition) is 4. The Bertz CT molecular complexity index is 1390. The van der Waals surface area contributed by atoms with Crippen molar-refractivity contribution in [2.24, 2.45) is 0 Å². The van der Waals surface area contributed by atoms with Crippen molar-refractivity contribution in [3.63, 3.8) is 0 Å². The van der Waals surface area contributed by atoms with E-state index in [-0.39, 0.29) is 11.8 Å². The predicted octanol–water partition coefficient (Wildman–Crippen LogP) is 6.65. The lowest BCUT2D eigenvalue weighted by molar-refractivity contribution is -0.117. The zero-order chi connectivity index (χ0) is 23.8. The van der Waals surface area contributed by atoms with Crippen LogP contribution in [0.3, 0.4) is 0 Å². The maximum atomic E-state index is 12.5. The van der Waals surface area contributed by atoms with Crippen LogP contribution in [0.15, 0.2) is 78.9 Å². The van der Waals surface area contributed by atoms with Crippen LogP contribution < -0.4 is 9.80 Å². The number of Topliss-reactive ketones (excluding diaryl/α,β-unsaturated/α-hetero) is 1. The highest BCUT2D eigenvalue weighted by Crippen LogP contribution is 2.44. The summed E-state index contributed by atoms with van der Waals surface area (Å²) in [5.74, 6) is 0.158. The van der Waals surface area contributed by atoms with Gasteiger partial charge in [-0.2, -0.15) is 0 Å². The van der Waals surface area contributed by atoms with Crippen LogP contribution >= 0.6 is 0 Å². The Morgan fingerprint density at radius 1 is 0.971 bits per heavy atom. The van der Waals surface area contributed by atoms with Crippen LogP contribution in [0.5, 0.6) is 0 Å². The van der Waals surface area contributed by atoms with E-state index in [0.717, 1.165) is 44.8 Å².